The molecule has 0 spiro atoms. The molecular formula is C29H26BrF2N5O3. The number of pyridine rings is 1. The molecule has 6 rings (SSSR count). The van der Waals surface area contributed by atoms with Crippen molar-refractivity contribution in [3.05, 3.63) is 105 Å². The van der Waals surface area contributed by atoms with Crippen molar-refractivity contribution in [3.63, 3.8) is 0 Å². The van der Waals surface area contributed by atoms with Crippen LogP contribution in [0.3, 0.4) is 0 Å². The summed E-state index contributed by atoms with van der Waals surface area (Å²) < 4.78 is 36.4. The van der Waals surface area contributed by atoms with Gasteiger partial charge in [0.15, 0.2) is 0 Å². The average molecular weight is 610 g/mol. The van der Waals surface area contributed by atoms with Crippen molar-refractivity contribution in [1.82, 2.24) is 24.5 Å². The Balaban J connectivity index is 1.20. The van der Waals surface area contributed by atoms with Crippen molar-refractivity contribution in [1.29, 1.82) is 0 Å². The highest BCUT2D eigenvalue weighted by Crippen LogP contribution is 2.45. The molecule has 1 aliphatic heterocycles. The average Bonchev–Trinajstić information content (AvgIpc) is 3.53. The third-order valence-corrected chi connectivity index (χ3v) is 8.01. The zero-order valence-corrected chi connectivity index (χ0v) is 23.0. The van der Waals surface area contributed by atoms with Gasteiger partial charge in [-0.15, -0.1) is 5.10 Å². The van der Waals surface area contributed by atoms with E-state index in [9.17, 15) is 18.4 Å². The third kappa shape index (κ3) is 5.70. The molecule has 0 bridgehead atoms. The quantitative estimate of drug-likeness (QED) is 0.281. The number of rotatable bonds is 8. The number of carbonyl (C=O) groups is 1. The number of amides is 1. The molecule has 3 heterocycles. The maximum Gasteiger partial charge on any atom is 0.255 e. The monoisotopic (exact) mass is 609 g/mol. The predicted molar refractivity (Wildman–Crippen MR) is 146 cm³/mol. The molecule has 1 saturated carbocycles. The van der Waals surface area contributed by atoms with Crippen molar-refractivity contribution in [3.8, 4) is 11.4 Å². The fourth-order valence-electron chi connectivity index (χ4n) is 5.50. The zero-order chi connectivity index (χ0) is 27.8. The Morgan fingerprint density at radius 3 is 2.58 bits per heavy atom. The zero-order valence-electron chi connectivity index (χ0n) is 21.4. The van der Waals surface area contributed by atoms with E-state index in [4.69, 9.17) is 4.74 Å². The van der Waals surface area contributed by atoms with Crippen LogP contribution in [-0.2, 0) is 13.2 Å². The topological polar surface area (TPSA) is 82.2 Å². The minimum absolute atomic E-state index is 0.000593. The van der Waals surface area contributed by atoms with Gasteiger partial charge in [0.25, 0.3) is 11.5 Å². The van der Waals surface area contributed by atoms with Gasteiger partial charge in [-0.3, -0.25) is 18.8 Å². The molecule has 8 nitrogen and oxygen atoms in total. The summed E-state index contributed by atoms with van der Waals surface area (Å²) >= 11 is 3.44. The SMILES string of the molecule is O=C(c1ccc(=O)n(-c2cccc(Br)c2)c1)N1CCC(C2CC2)C1Cn1cc(COc2cc(F)cc(F)c2)nn1. The van der Waals surface area contributed by atoms with Gasteiger partial charge in [-0.1, -0.05) is 27.2 Å². The molecule has 1 aliphatic carbocycles. The molecule has 4 aromatic rings. The Bertz CT molecular complexity index is 1600. The molecule has 40 heavy (non-hydrogen) atoms. The predicted octanol–water partition coefficient (Wildman–Crippen LogP) is 4.99. The van der Waals surface area contributed by atoms with Crippen LogP contribution in [-0.4, -0.2) is 43.0 Å². The number of benzene rings is 2. The van der Waals surface area contributed by atoms with Gasteiger partial charge in [0.05, 0.1) is 24.3 Å². The summed E-state index contributed by atoms with van der Waals surface area (Å²) in [6.07, 6.45) is 6.54. The smallest absolute Gasteiger partial charge is 0.255 e. The first-order chi connectivity index (χ1) is 19.3. The molecule has 2 unspecified atom stereocenters. The second-order valence-electron chi connectivity index (χ2n) is 10.3. The van der Waals surface area contributed by atoms with Gasteiger partial charge in [0.2, 0.25) is 0 Å². The van der Waals surface area contributed by atoms with E-state index in [0.717, 1.165) is 41.9 Å². The maximum absolute atomic E-state index is 13.8. The second-order valence-corrected chi connectivity index (χ2v) is 11.2. The molecule has 1 saturated heterocycles. The van der Waals surface area contributed by atoms with Crippen molar-refractivity contribution < 1.29 is 18.3 Å². The summed E-state index contributed by atoms with van der Waals surface area (Å²) in [7, 11) is 0. The molecule has 2 aromatic carbocycles. The van der Waals surface area contributed by atoms with Crippen molar-refractivity contribution >= 4 is 21.8 Å². The molecule has 2 aromatic heterocycles. The summed E-state index contributed by atoms with van der Waals surface area (Å²) in [6.45, 7) is 1.08. The maximum atomic E-state index is 13.8. The summed E-state index contributed by atoms with van der Waals surface area (Å²) in [5, 5.41) is 8.38. The third-order valence-electron chi connectivity index (χ3n) is 7.51. The first-order valence-corrected chi connectivity index (χ1v) is 13.9. The molecule has 2 atom stereocenters. The van der Waals surface area contributed by atoms with E-state index in [1.54, 1.807) is 23.1 Å². The van der Waals surface area contributed by atoms with E-state index in [1.165, 1.54) is 10.6 Å². The van der Waals surface area contributed by atoms with Crippen molar-refractivity contribution in [2.24, 2.45) is 11.8 Å². The fraction of sp³-hybridized carbons (Fsp3) is 0.310. The van der Waals surface area contributed by atoms with Gasteiger partial charge < -0.3 is 9.64 Å². The first-order valence-electron chi connectivity index (χ1n) is 13.1. The number of halogens is 3. The molecule has 206 valence electrons. The van der Waals surface area contributed by atoms with Crippen molar-refractivity contribution in [2.45, 2.75) is 38.5 Å². The Morgan fingerprint density at radius 2 is 1.82 bits per heavy atom. The molecule has 1 amide bonds. The summed E-state index contributed by atoms with van der Waals surface area (Å²) in [5.74, 6) is -0.580. The lowest BCUT2D eigenvalue weighted by Crippen LogP contribution is -2.41. The highest BCUT2D eigenvalue weighted by molar-refractivity contribution is 9.10. The van der Waals surface area contributed by atoms with Gasteiger partial charge in [0, 0.05) is 47.2 Å². The Hall–Kier alpha value is -3.86. The van der Waals surface area contributed by atoms with Gasteiger partial charge in [0.1, 0.15) is 29.7 Å². The Kier molecular flexibility index (Phi) is 7.22. The van der Waals surface area contributed by atoms with E-state index >= 15 is 0 Å². The van der Waals surface area contributed by atoms with E-state index < -0.39 is 11.6 Å². The van der Waals surface area contributed by atoms with Crippen LogP contribution >= 0.6 is 15.9 Å². The molecule has 0 N–H and O–H groups in total. The molecule has 2 fully saturated rings. The number of hydrogen-bond acceptors (Lipinski definition) is 5. The lowest BCUT2D eigenvalue weighted by molar-refractivity contribution is 0.0691. The Labute approximate surface area is 237 Å². The number of nitrogens with zero attached hydrogens (tertiary/aromatic N) is 5. The lowest BCUT2D eigenvalue weighted by Gasteiger charge is -2.28. The van der Waals surface area contributed by atoms with Gasteiger partial charge in [-0.25, -0.2) is 8.78 Å². The molecule has 0 radical (unpaired) electrons. The minimum Gasteiger partial charge on any atom is -0.487 e. The van der Waals surface area contributed by atoms with Crippen LogP contribution in [0.5, 0.6) is 5.75 Å². The molecular weight excluding hydrogens is 584 g/mol. The van der Waals surface area contributed by atoms with Crippen LogP contribution in [0.2, 0.25) is 0 Å². The van der Waals surface area contributed by atoms with E-state index in [-0.39, 0.29) is 29.9 Å². The summed E-state index contributed by atoms with van der Waals surface area (Å²) in [4.78, 5) is 28.3. The lowest BCUT2D eigenvalue weighted by atomic mass is 9.94. The van der Waals surface area contributed by atoms with Gasteiger partial charge in [-0.05, 0) is 55.4 Å². The van der Waals surface area contributed by atoms with Crippen LogP contribution < -0.4 is 10.3 Å². The highest BCUT2D eigenvalue weighted by atomic mass is 79.9. The molecule has 11 heteroatoms. The Morgan fingerprint density at radius 1 is 1.02 bits per heavy atom. The first kappa shape index (κ1) is 26.4. The van der Waals surface area contributed by atoms with Crippen LogP contribution in [0.4, 0.5) is 8.78 Å². The van der Waals surface area contributed by atoms with E-state index in [1.807, 2.05) is 29.2 Å². The number of aromatic nitrogens is 4. The summed E-state index contributed by atoms with van der Waals surface area (Å²) in [5.41, 5.74) is 1.39. The van der Waals surface area contributed by atoms with E-state index in [2.05, 4.69) is 26.2 Å². The normalized spacial score (nSPS) is 18.7. The highest BCUT2D eigenvalue weighted by Gasteiger charge is 2.45. The number of carbonyl (C=O) groups excluding carboxylic acids is 1. The van der Waals surface area contributed by atoms with Crippen LogP contribution in [0.15, 0.2) is 76.3 Å². The second kappa shape index (κ2) is 11.0. The van der Waals surface area contributed by atoms with Crippen molar-refractivity contribution in [2.75, 3.05) is 6.54 Å². The molecule has 2 aliphatic rings. The van der Waals surface area contributed by atoms with E-state index in [0.29, 0.717) is 41.9 Å². The largest absolute Gasteiger partial charge is 0.487 e. The standard InChI is InChI=1S/C29H26BrF2N5O3/c30-20-2-1-3-24(10-20)37-14-19(6-7-28(37)38)29(39)36-9-8-26(18-4-5-18)27(36)16-35-15-23(33-34-35)17-40-25-12-21(31)11-22(32)13-25/h1-3,6-7,10-15,18,26-27H,4-5,8-9,16-17H2. The van der Waals surface area contributed by atoms with Gasteiger partial charge in [-0.2, -0.15) is 0 Å². The van der Waals surface area contributed by atoms with Gasteiger partial charge >= 0.3 is 0 Å². The van der Waals surface area contributed by atoms with Crippen LogP contribution in [0.1, 0.15) is 35.3 Å². The van der Waals surface area contributed by atoms with Crippen LogP contribution in [0.25, 0.3) is 5.69 Å². The number of ether oxygens (including phenoxy) is 1. The minimum atomic E-state index is -0.720. The number of hydrogen-bond donors (Lipinski definition) is 0. The fourth-order valence-corrected chi connectivity index (χ4v) is 5.89. The van der Waals surface area contributed by atoms with Crippen LogP contribution in [0, 0.1) is 23.5 Å². The summed E-state index contributed by atoms with van der Waals surface area (Å²) in [6, 6.07) is 13.3. The number of likely N-dealkylation sites (tertiary alicyclic amines) is 1.